The summed E-state index contributed by atoms with van der Waals surface area (Å²) >= 11 is 0. The number of carboxylic acid groups (broad SMARTS) is 1. The number of aliphatic hydroxyl groups is 3. The molecular weight excluding hydrogens is 192 g/mol. The van der Waals surface area contributed by atoms with Crippen LogP contribution < -0.4 is 0 Å². The molecule has 14 heavy (non-hydrogen) atoms. The highest BCUT2D eigenvalue weighted by molar-refractivity contribution is 5.73. The zero-order valence-corrected chi connectivity index (χ0v) is 7.70. The maximum atomic E-state index is 10.7. The molecule has 0 bridgehead atoms. The molecule has 1 saturated heterocycles. The third-order valence-corrected chi connectivity index (χ3v) is 2.49. The summed E-state index contributed by atoms with van der Waals surface area (Å²) in [5.41, 5.74) is 0. The molecule has 0 spiro atoms. The van der Waals surface area contributed by atoms with Crippen molar-refractivity contribution in [3.8, 4) is 0 Å². The van der Waals surface area contributed by atoms with Crippen molar-refractivity contribution >= 4 is 5.97 Å². The quantitative estimate of drug-likeness (QED) is 0.424. The Hall–Kier alpha value is -0.690. The fourth-order valence-corrected chi connectivity index (χ4v) is 1.54. The van der Waals surface area contributed by atoms with Gasteiger partial charge >= 0.3 is 5.97 Å². The maximum Gasteiger partial charge on any atom is 0.333 e. The molecular formula is C8H14O6. The Labute approximate surface area is 80.7 Å². The van der Waals surface area contributed by atoms with E-state index in [4.69, 9.17) is 14.9 Å². The Kier molecular flexibility index (Phi) is 3.43. The summed E-state index contributed by atoms with van der Waals surface area (Å²) in [6.07, 6.45) is -4.67. The second-order valence-corrected chi connectivity index (χ2v) is 3.46. The summed E-state index contributed by atoms with van der Waals surface area (Å²) in [5.74, 6) is -1.91. The lowest BCUT2D eigenvalue weighted by molar-refractivity contribution is -0.214. The normalized spacial score (nSPS) is 43.6. The van der Waals surface area contributed by atoms with Crippen LogP contribution in [0.25, 0.3) is 0 Å². The third kappa shape index (κ3) is 1.88. The average Bonchev–Trinajstić information content (AvgIpc) is 2.14. The molecule has 1 fully saturated rings. The Morgan fingerprint density at radius 3 is 2.36 bits per heavy atom. The first-order valence-corrected chi connectivity index (χ1v) is 4.34. The van der Waals surface area contributed by atoms with Gasteiger partial charge in [0.15, 0.2) is 6.10 Å². The third-order valence-electron chi connectivity index (χ3n) is 2.49. The van der Waals surface area contributed by atoms with E-state index in [1.165, 1.54) is 6.92 Å². The van der Waals surface area contributed by atoms with Crippen molar-refractivity contribution in [2.24, 2.45) is 5.92 Å². The number of aliphatic carboxylic acids is 1. The van der Waals surface area contributed by atoms with Crippen molar-refractivity contribution in [1.82, 2.24) is 0 Å². The topological polar surface area (TPSA) is 107 Å². The van der Waals surface area contributed by atoms with Crippen LogP contribution in [0.4, 0.5) is 0 Å². The van der Waals surface area contributed by atoms with E-state index in [1.807, 2.05) is 0 Å². The Morgan fingerprint density at radius 1 is 1.36 bits per heavy atom. The molecule has 1 aliphatic heterocycles. The van der Waals surface area contributed by atoms with Gasteiger partial charge in [0.1, 0.15) is 12.2 Å². The highest BCUT2D eigenvalue weighted by Crippen LogP contribution is 2.25. The van der Waals surface area contributed by atoms with Crippen LogP contribution in [-0.2, 0) is 9.53 Å². The molecule has 0 amide bonds. The smallest absolute Gasteiger partial charge is 0.333 e. The van der Waals surface area contributed by atoms with E-state index in [-0.39, 0.29) is 0 Å². The van der Waals surface area contributed by atoms with Crippen LogP contribution in [0.3, 0.4) is 0 Å². The predicted octanol–water partition coefficient (Wildman–Crippen LogP) is -1.81. The van der Waals surface area contributed by atoms with Crippen LogP contribution >= 0.6 is 0 Å². The molecule has 0 aromatic heterocycles. The van der Waals surface area contributed by atoms with E-state index in [0.29, 0.717) is 0 Å². The van der Waals surface area contributed by atoms with E-state index in [9.17, 15) is 15.0 Å². The first-order valence-electron chi connectivity index (χ1n) is 4.34. The van der Waals surface area contributed by atoms with Crippen LogP contribution in [0.2, 0.25) is 0 Å². The molecule has 0 aliphatic carbocycles. The number of hydrogen-bond acceptors (Lipinski definition) is 5. The van der Waals surface area contributed by atoms with Crippen LogP contribution in [0.15, 0.2) is 0 Å². The highest BCUT2D eigenvalue weighted by atomic mass is 16.5. The van der Waals surface area contributed by atoms with Crippen molar-refractivity contribution in [3.05, 3.63) is 0 Å². The first-order chi connectivity index (χ1) is 6.49. The Morgan fingerprint density at radius 2 is 1.93 bits per heavy atom. The van der Waals surface area contributed by atoms with Gasteiger partial charge in [-0.05, 0) is 0 Å². The van der Waals surface area contributed by atoms with Crippen LogP contribution in [0, 0.1) is 5.92 Å². The molecule has 82 valence electrons. The van der Waals surface area contributed by atoms with E-state index < -0.39 is 42.9 Å². The minimum atomic E-state index is -1.24. The van der Waals surface area contributed by atoms with Crippen molar-refractivity contribution in [1.29, 1.82) is 0 Å². The largest absolute Gasteiger partial charge is 0.479 e. The zero-order chi connectivity index (χ0) is 10.9. The lowest BCUT2D eigenvalue weighted by Gasteiger charge is -2.39. The number of hydrogen-bond donors (Lipinski definition) is 4. The fourth-order valence-electron chi connectivity index (χ4n) is 1.54. The molecule has 5 atom stereocenters. The van der Waals surface area contributed by atoms with Gasteiger partial charge in [0, 0.05) is 5.92 Å². The molecule has 1 aliphatic rings. The maximum absolute atomic E-state index is 10.7. The summed E-state index contributed by atoms with van der Waals surface area (Å²) in [5, 5.41) is 36.3. The molecule has 0 saturated carbocycles. The van der Waals surface area contributed by atoms with E-state index in [0.717, 1.165) is 0 Å². The molecule has 6 nitrogen and oxygen atoms in total. The molecule has 6 heteroatoms. The van der Waals surface area contributed by atoms with E-state index >= 15 is 0 Å². The SMILES string of the molecule is CC1C(C(=O)O)OC(CO)C(O)C1O. The van der Waals surface area contributed by atoms with Gasteiger partial charge in [-0.2, -0.15) is 0 Å². The van der Waals surface area contributed by atoms with Gasteiger partial charge in [0.05, 0.1) is 12.7 Å². The second-order valence-electron chi connectivity index (χ2n) is 3.46. The molecule has 0 aromatic carbocycles. The van der Waals surface area contributed by atoms with Gasteiger partial charge < -0.3 is 25.2 Å². The zero-order valence-electron chi connectivity index (χ0n) is 7.70. The molecule has 5 unspecified atom stereocenters. The molecule has 0 radical (unpaired) electrons. The van der Waals surface area contributed by atoms with Gasteiger partial charge in [0.2, 0.25) is 0 Å². The lowest BCUT2D eigenvalue weighted by Crippen LogP contribution is -2.56. The summed E-state index contributed by atoms with van der Waals surface area (Å²) in [7, 11) is 0. The van der Waals surface area contributed by atoms with E-state index in [2.05, 4.69) is 0 Å². The minimum Gasteiger partial charge on any atom is -0.479 e. The Bertz CT molecular complexity index is 216. The van der Waals surface area contributed by atoms with Crippen molar-refractivity contribution < 1.29 is 30.0 Å². The molecule has 1 rings (SSSR count). The van der Waals surface area contributed by atoms with E-state index in [1.54, 1.807) is 0 Å². The second kappa shape index (κ2) is 4.22. The van der Waals surface area contributed by atoms with Crippen molar-refractivity contribution in [3.63, 3.8) is 0 Å². The van der Waals surface area contributed by atoms with Gasteiger partial charge in [-0.25, -0.2) is 4.79 Å². The Balaban J connectivity index is 2.78. The summed E-state index contributed by atoms with van der Waals surface area (Å²) in [6, 6.07) is 0. The number of ether oxygens (including phenoxy) is 1. The predicted molar refractivity (Wildman–Crippen MR) is 44.6 cm³/mol. The fraction of sp³-hybridized carbons (Fsp3) is 0.875. The van der Waals surface area contributed by atoms with Gasteiger partial charge in [0.25, 0.3) is 0 Å². The van der Waals surface area contributed by atoms with Crippen LogP contribution in [0.5, 0.6) is 0 Å². The number of carboxylic acids is 1. The van der Waals surface area contributed by atoms with Gasteiger partial charge in [-0.15, -0.1) is 0 Å². The minimum absolute atomic E-state index is 0.519. The summed E-state index contributed by atoms with van der Waals surface area (Å²) < 4.78 is 4.93. The van der Waals surface area contributed by atoms with Crippen LogP contribution in [-0.4, -0.2) is 57.4 Å². The highest BCUT2D eigenvalue weighted by Gasteiger charge is 2.44. The first kappa shape index (κ1) is 11.4. The van der Waals surface area contributed by atoms with Gasteiger partial charge in [-0.1, -0.05) is 6.92 Å². The van der Waals surface area contributed by atoms with Crippen LogP contribution in [0.1, 0.15) is 6.92 Å². The monoisotopic (exact) mass is 206 g/mol. The average molecular weight is 206 g/mol. The van der Waals surface area contributed by atoms with Crippen molar-refractivity contribution in [2.75, 3.05) is 6.61 Å². The van der Waals surface area contributed by atoms with Gasteiger partial charge in [-0.3, -0.25) is 0 Å². The molecule has 1 heterocycles. The van der Waals surface area contributed by atoms with Crippen molar-refractivity contribution in [2.45, 2.75) is 31.3 Å². The summed E-state index contributed by atoms with van der Waals surface area (Å²) in [4.78, 5) is 10.7. The standard InChI is InChI=1S/C8H14O6/c1-3-5(10)6(11)4(2-9)14-7(3)8(12)13/h3-7,9-11H,2H2,1H3,(H,12,13). The summed E-state index contributed by atoms with van der Waals surface area (Å²) in [6.45, 7) is 0.953. The number of carbonyl (C=O) groups is 1. The molecule has 4 N–H and O–H groups in total. The lowest BCUT2D eigenvalue weighted by atomic mass is 9.88. The number of rotatable bonds is 2. The molecule has 0 aromatic rings. The number of aliphatic hydroxyl groups excluding tert-OH is 3.